The highest BCUT2D eigenvalue weighted by atomic mass is 16.5. The standard InChI is InChI=1S/C18H26N4O3/c19-18(20-8-7-17(23)22-9-2-1-3-10-22)21-14-5-6-15-16(13-14)25-12-4-11-24-15/h5-6,13H,1-4,7-12H2,(H3,19,20,21). The van der Waals surface area contributed by atoms with Gasteiger partial charge in [0.1, 0.15) is 0 Å². The number of anilines is 1. The maximum Gasteiger partial charge on any atom is 0.224 e. The van der Waals surface area contributed by atoms with Crippen molar-refractivity contribution in [2.75, 3.05) is 38.2 Å². The lowest BCUT2D eigenvalue weighted by molar-refractivity contribution is -0.131. The molecule has 2 aliphatic rings. The molecule has 1 aromatic rings. The molecule has 1 amide bonds. The maximum atomic E-state index is 12.1. The van der Waals surface area contributed by atoms with E-state index >= 15 is 0 Å². The van der Waals surface area contributed by atoms with Gasteiger partial charge < -0.3 is 25.4 Å². The molecule has 0 unspecified atom stereocenters. The molecule has 25 heavy (non-hydrogen) atoms. The molecule has 0 spiro atoms. The smallest absolute Gasteiger partial charge is 0.224 e. The number of hydrogen-bond donors (Lipinski definition) is 2. The predicted octanol–water partition coefficient (Wildman–Crippen LogP) is 1.98. The van der Waals surface area contributed by atoms with Crippen LogP contribution >= 0.6 is 0 Å². The molecule has 1 saturated heterocycles. The molecule has 0 aromatic heterocycles. The van der Waals surface area contributed by atoms with Gasteiger partial charge >= 0.3 is 0 Å². The first-order valence-corrected chi connectivity index (χ1v) is 8.97. The van der Waals surface area contributed by atoms with Crippen LogP contribution in [0, 0.1) is 0 Å². The van der Waals surface area contributed by atoms with E-state index in [1.54, 1.807) is 0 Å². The van der Waals surface area contributed by atoms with Gasteiger partial charge in [0.2, 0.25) is 5.91 Å². The minimum absolute atomic E-state index is 0.159. The number of likely N-dealkylation sites (tertiary alicyclic amines) is 1. The van der Waals surface area contributed by atoms with Crippen LogP contribution in [0.4, 0.5) is 5.69 Å². The zero-order valence-electron chi connectivity index (χ0n) is 14.5. The maximum absolute atomic E-state index is 12.1. The Kier molecular flexibility index (Phi) is 5.98. The fourth-order valence-corrected chi connectivity index (χ4v) is 3.00. The number of ether oxygens (including phenoxy) is 2. The molecule has 2 aliphatic heterocycles. The molecule has 0 bridgehead atoms. The second-order valence-corrected chi connectivity index (χ2v) is 6.30. The number of fused-ring (bicyclic) bond motifs is 1. The van der Waals surface area contributed by atoms with Crippen LogP contribution < -0.4 is 20.5 Å². The first-order chi connectivity index (χ1) is 12.2. The topological polar surface area (TPSA) is 89.2 Å². The average Bonchev–Trinajstić information content (AvgIpc) is 2.87. The first-order valence-electron chi connectivity index (χ1n) is 8.97. The number of nitrogens with zero attached hydrogens (tertiary/aromatic N) is 2. The van der Waals surface area contributed by atoms with Gasteiger partial charge in [-0.3, -0.25) is 9.79 Å². The molecule has 1 fully saturated rings. The van der Waals surface area contributed by atoms with Crippen LogP contribution in [0.1, 0.15) is 32.1 Å². The van der Waals surface area contributed by atoms with Crippen LogP contribution in [0.15, 0.2) is 23.2 Å². The predicted molar refractivity (Wildman–Crippen MR) is 97.2 cm³/mol. The average molecular weight is 346 g/mol. The summed E-state index contributed by atoms with van der Waals surface area (Å²) in [5, 5.41) is 3.03. The normalized spacial score (nSPS) is 17.8. The Morgan fingerprint density at radius 2 is 1.88 bits per heavy atom. The number of benzene rings is 1. The van der Waals surface area contributed by atoms with Crippen molar-refractivity contribution in [3.8, 4) is 11.5 Å². The number of carbonyl (C=O) groups is 1. The van der Waals surface area contributed by atoms with Crippen molar-refractivity contribution < 1.29 is 14.3 Å². The van der Waals surface area contributed by atoms with Crippen molar-refractivity contribution >= 4 is 17.6 Å². The zero-order valence-corrected chi connectivity index (χ0v) is 14.5. The lowest BCUT2D eigenvalue weighted by Gasteiger charge is -2.26. The Hall–Kier alpha value is -2.44. The van der Waals surface area contributed by atoms with Gasteiger partial charge in [-0.2, -0.15) is 0 Å². The minimum atomic E-state index is 0.159. The first kappa shape index (κ1) is 17.4. The molecule has 1 aromatic carbocycles. The van der Waals surface area contributed by atoms with Crippen molar-refractivity contribution in [2.24, 2.45) is 10.7 Å². The summed E-state index contributed by atoms with van der Waals surface area (Å²) in [6.07, 6.45) is 4.68. The number of nitrogens with one attached hydrogen (secondary N) is 1. The molecule has 7 heteroatoms. The van der Waals surface area contributed by atoms with Gasteiger partial charge in [0.15, 0.2) is 17.5 Å². The van der Waals surface area contributed by atoms with Gasteiger partial charge in [0.25, 0.3) is 0 Å². The summed E-state index contributed by atoms with van der Waals surface area (Å²) in [5.41, 5.74) is 6.70. The van der Waals surface area contributed by atoms with E-state index in [2.05, 4.69) is 10.3 Å². The number of nitrogens with two attached hydrogens (primary N) is 1. The third-order valence-corrected chi connectivity index (χ3v) is 4.34. The number of aliphatic imine (C=N–C) groups is 1. The summed E-state index contributed by atoms with van der Waals surface area (Å²) in [6.45, 7) is 3.42. The van der Waals surface area contributed by atoms with Crippen molar-refractivity contribution in [2.45, 2.75) is 32.1 Å². The minimum Gasteiger partial charge on any atom is -0.490 e. The number of carbonyl (C=O) groups excluding carboxylic acids is 1. The van der Waals surface area contributed by atoms with Crippen LogP contribution in [0.3, 0.4) is 0 Å². The summed E-state index contributed by atoms with van der Waals surface area (Å²) in [5.74, 6) is 1.90. The highest BCUT2D eigenvalue weighted by Crippen LogP contribution is 2.32. The Bertz CT molecular complexity index is 627. The van der Waals surface area contributed by atoms with Gasteiger partial charge in [-0.1, -0.05) is 0 Å². The Balaban J connectivity index is 1.49. The highest BCUT2D eigenvalue weighted by Gasteiger charge is 2.15. The number of rotatable bonds is 4. The molecule has 7 nitrogen and oxygen atoms in total. The molecule has 0 radical (unpaired) electrons. The van der Waals surface area contributed by atoms with E-state index in [1.165, 1.54) is 6.42 Å². The molecular formula is C18H26N4O3. The monoisotopic (exact) mass is 346 g/mol. The zero-order chi connectivity index (χ0) is 17.5. The summed E-state index contributed by atoms with van der Waals surface area (Å²) < 4.78 is 11.3. The summed E-state index contributed by atoms with van der Waals surface area (Å²) in [4.78, 5) is 18.3. The molecule has 3 rings (SSSR count). The van der Waals surface area contributed by atoms with Gasteiger partial charge in [-0.15, -0.1) is 0 Å². The quantitative estimate of drug-likeness (QED) is 0.643. The summed E-state index contributed by atoms with van der Waals surface area (Å²) in [6, 6.07) is 5.58. The van der Waals surface area contributed by atoms with Gasteiger partial charge in [-0.05, 0) is 31.4 Å². The van der Waals surface area contributed by atoms with E-state index < -0.39 is 0 Å². The lowest BCUT2D eigenvalue weighted by Crippen LogP contribution is -2.36. The van der Waals surface area contributed by atoms with E-state index in [9.17, 15) is 4.79 Å². The van der Waals surface area contributed by atoms with Crippen LogP contribution in [0.5, 0.6) is 11.5 Å². The fraction of sp³-hybridized carbons (Fsp3) is 0.556. The second kappa shape index (κ2) is 8.60. The molecule has 0 saturated carbocycles. The Morgan fingerprint density at radius 1 is 1.12 bits per heavy atom. The Labute approximate surface area is 148 Å². The second-order valence-electron chi connectivity index (χ2n) is 6.30. The molecule has 0 aliphatic carbocycles. The van der Waals surface area contributed by atoms with Crippen LogP contribution in [0.2, 0.25) is 0 Å². The van der Waals surface area contributed by atoms with E-state index in [0.717, 1.165) is 43.8 Å². The number of guanidine groups is 1. The molecular weight excluding hydrogens is 320 g/mol. The van der Waals surface area contributed by atoms with E-state index in [-0.39, 0.29) is 5.91 Å². The number of hydrogen-bond acceptors (Lipinski definition) is 4. The highest BCUT2D eigenvalue weighted by molar-refractivity contribution is 5.92. The number of amides is 1. The van der Waals surface area contributed by atoms with Crippen molar-refractivity contribution in [1.29, 1.82) is 0 Å². The van der Waals surface area contributed by atoms with Crippen LogP contribution in [-0.2, 0) is 4.79 Å². The number of piperidine rings is 1. The summed E-state index contributed by atoms with van der Waals surface area (Å²) in [7, 11) is 0. The van der Waals surface area contributed by atoms with Gasteiger partial charge in [0.05, 0.1) is 19.8 Å². The van der Waals surface area contributed by atoms with Crippen molar-refractivity contribution in [1.82, 2.24) is 4.90 Å². The van der Waals surface area contributed by atoms with Gasteiger partial charge in [0, 0.05) is 37.7 Å². The molecule has 136 valence electrons. The largest absolute Gasteiger partial charge is 0.490 e. The van der Waals surface area contributed by atoms with E-state index in [0.29, 0.717) is 37.9 Å². The molecule has 3 N–H and O–H groups in total. The van der Waals surface area contributed by atoms with E-state index in [1.807, 2.05) is 23.1 Å². The van der Waals surface area contributed by atoms with Crippen molar-refractivity contribution in [3.05, 3.63) is 18.2 Å². The summed E-state index contributed by atoms with van der Waals surface area (Å²) >= 11 is 0. The van der Waals surface area contributed by atoms with Crippen LogP contribution in [0.25, 0.3) is 0 Å². The Morgan fingerprint density at radius 3 is 2.68 bits per heavy atom. The SMILES string of the molecule is NC(=NCCC(=O)N1CCCCC1)Nc1ccc2c(c1)OCCCO2. The van der Waals surface area contributed by atoms with Crippen LogP contribution in [-0.4, -0.2) is 49.6 Å². The van der Waals surface area contributed by atoms with E-state index in [4.69, 9.17) is 15.2 Å². The lowest BCUT2D eigenvalue weighted by atomic mass is 10.1. The van der Waals surface area contributed by atoms with Crippen molar-refractivity contribution in [3.63, 3.8) is 0 Å². The fourth-order valence-electron chi connectivity index (χ4n) is 3.00. The third-order valence-electron chi connectivity index (χ3n) is 4.34. The molecule has 2 heterocycles. The molecule has 0 atom stereocenters. The third kappa shape index (κ3) is 5.01. The van der Waals surface area contributed by atoms with Gasteiger partial charge in [-0.25, -0.2) is 0 Å².